The van der Waals surface area contributed by atoms with Crippen LogP contribution in [0.4, 0.5) is 14.5 Å². The third-order valence-electron chi connectivity index (χ3n) is 3.42. The number of para-hydroxylation sites is 1. The van der Waals surface area contributed by atoms with Crippen molar-refractivity contribution < 1.29 is 32.7 Å². The van der Waals surface area contributed by atoms with Crippen molar-refractivity contribution in [3.05, 3.63) is 63.7 Å². The highest BCUT2D eigenvalue weighted by Gasteiger charge is 2.15. The summed E-state index contributed by atoms with van der Waals surface area (Å²) in [5, 5.41) is 10.8. The van der Waals surface area contributed by atoms with Crippen molar-refractivity contribution in [3.8, 4) is 17.2 Å². The fourth-order valence-corrected chi connectivity index (χ4v) is 2.24. The van der Waals surface area contributed by atoms with Crippen LogP contribution >= 0.6 is 0 Å². The molecule has 0 fully saturated rings. The lowest BCUT2D eigenvalue weighted by Gasteiger charge is -2.12. The molecule has 0 saturated heterocycles. The van der Waals surface area contributed by atoms with Crippen LogP contribution in [0.1, 0.15) is 11.1 Å². The molecule has 7 nitrogen and oxygen atoms in total. The van der Waals surface area contributed by atoms with Gasteiger partial charge in [0.2, 0.25) is 0 Å². The lowest BCUT2D eigenvalue weighted by Crippen LogP contribution is -2.06. The summed E-state index contributed by atoms with van der Waals surface area (Å²) in [6.45, 7) is -1.56. The van der Waals surface area contributed by atoms with Crippen LogP contribution in [0.2, 0.25) is 0 Å². The number of esters is 1. The Balaban J connectivity index is 2.17. The quantitative estimate of drug-likeness (QED) is 0.236. The van der Waals surface area contributed by atoms with Crippen LogP contribution in [-0.2, 0) is 4.79 Å². The van der Waals surface area contributed by atoms with Crippen LogP contribution in [0, 0.1) is 17.0 Å². The smallest absolute Gasteiger partial charge is 0.387 e. The molecule has 0 saturated carbocycles. The number of rotatable bonds is 7. The summed E-state index contributed by atoms with van der Waals surface area (Å²) < 4.78 is 39.7. The molecule has 0 radical (unpaired) electrons. The molecule has 0 atom stereocenters. The standard InChI is InChI=1S/C18H15F2NO6/c1-11-10-13(7-8-14(11)21(23)24)26-16(22)9-6-12-4-3-5-15(25-2)17(12)27-18(19)20/h3-10,18H,1-2H3/b9-6+. The Labute approximate surface area is 152 Å². The Bertz CT molecular complexity index is 882. The number of benzene rings is 2. The molecular formula is C18H15F2NO6. The van der Waals surface area contributed by atoms with E-state index in [4.69, 9.17) is 9.47 Å². The average Bonchev–Trinajstić information content (AvgIpc) is 2.60. The molecular weight excluding hydrogens is 364 g/mol. The molecule has 9 heteroatoms. The van der Waals surface area contributed by atoms with Gasteiger partial charge in [0.05, 0.1) is 12.0 Å². The van der Waals surface area contributed by atoms with Crippen molar-refractivity contribution in [3.63, 3.8) is 0 Å². The van der Waals surface area contributed by atoms with Crippen molar-refractivity contribution in [1.29, 1.82) is 0 Å². The fourth-order valence-electron chi connectivity index (χ4n) is 2.24. The van der Waals surface area contributed by atoms with Crippen molar-refractivity contribution >= 4 is 17.7 Å². The van der Waals surface area contributed by atoms with E-state index in [1.807, 2.05) is 0 Å². The van der Waals surface area contributed by atoms with Gasteiger partial charge in [0.1, 0.15) is 5.75 Å². The third-order valence-corrected chi connectivity index (χ3v) is 3.42. The van der Waals surface area contributed by atoms with Crippen molar-refractivity contribution in [1.82, 2.24) is 0 Å². The van der Waals surface area contributed by atoms with Gasteiger partial charge in [0, 0.05) is 23.3 Å². The maximum absolute atomic E-state index is 12.6. The Morgan fingerprint density at radius 1 is 1.26 bits per heavy atom. The molecule has 2 aromatic rings. The molecule has 0 aromatic heterocycles. The van der Waals surface area contributed by atoms with Gasteiger partial charge in [-0.05, 0) is 31.2 Å². The Kier molecular flexibility index (Phi) is 6.42. The van der Waals surface area contributed by atoms with E-state index in [2.05, 4.69) is 4.74 Å². The minimum atomic E-state index is -3.07. The van der Waals surface area contributed by atoms with Crippen LogP contribution < -0.4 is 14.2 Å². The van der Waals surface area contributed by atoms with Gasteiger partial charge in [0.25, 0.3) is 5.69 Å². The lowest BCUT2D eigenvalue weighted by atomic mass is 10.1. The number of halogens is 2. The van der Waals surface area contributed by atoms with Crippen molar-refractivity contribution in [2.75, 3.05) is 7.11 Å². The number of alkyl halides is 2. The molecule has 0 aliphatic carbocycles. The van der Waals surface area contributed by atoms with Crippen LogP contribution in [-0.4, -0.2) is 24.6 Å². The summed E-state index contributed by atoms with van der Waals surface area (Å²) in [4.78, 5) is 22.2. The van der Waals surface area contributed by atoms with E-state index >= 15 is 0 Å². The maximum Gasteiger partial charge on any atom is 0.387 e. The van der Waals surface area contributed by atoms with Gasteiger partial charge in [-0.1, -0.05) is 12.1 Å². The zero-order valence-corrected chi connectivity index (χ0v) is 14.3. The number of nitro benzene ring substituents is 1. The molecule has 2 aromatic carbocycles. The van der Waals surface area contributed by atoms with E-state index in [0.29, 0.717) is 5.56 Å². The van der Waals surface area contributed by atoms with E-state index in [9.17, 15) is 23.7 Å². The Morgan fingerprint density at radius 2 is 2.00 bits per heavy atom. The Morgan fingerprint density at radius 3 is 2.59 bits per heavy atom. The predicted octanol–water partition coefficient (Wildman–Crippen LogP) is 4.13. The van der Waals surface area contributed by atoms with Crippen LogP contribution in [0.15, 0.2) is 42.5 Å². The Hall–Kier alpha value is -3.49. The fraction of sp³-hybridized carbons (Fsp3) is 0.167. The average molecular weight is 379 g/mol. The first-order valence-electron chi connectivity index (χ1n) is 7.58. The number of carbonyl (C=O) groups excluding carboxylic acids is 1. The molecule has 0 N–H and O–H groups in total. The predicted molar refractivity (Wildman–Crippen MR) is 92.1 cm³/mol. The number of hydrogen-bond donors (Lipinski definition) is 0. The lowest BCUT2D eigenvalue weighted by molar-refractivity contribution is -0.385. The van der Waals surface area contributed by atoms with Gasteiger partial charge in [0.15, 0.2) is 11.5 Å². The summed E-state index contributed by atoms with van der Waals surface area (Å²) in [6.07, 6.45) is 2.25. The SMILES string of the molecule is COc1cccc(/C=C/C(=O)Oc2ccc([N+](=O)[O-])c(C)c2)c1OC(F)F. The van der Waals surface area contributed by atoms with Crippen LogP contribution in [0.3, 0.4) is 0 Å². The van der Waals surface area contributed by atoms with Crippen LogP contribution in [0.5, 0.6) is 17.2 Å². The largest absolute Gasteiger partial charge is 0.493 e. The molecule has 27 heavy (non-hydrogen) atoms. The first-order valence-corrected chi connectivity index (χ1v) is 7.58. The summed E-state index contributed by atoms with van der Waals surface area (Å²) in [5.41, 5.74) is 0.414. The number of ether oxygens (including phenoxy) is 3. The van der Waals surface area contributed by atoms with Gasteiger partial charge in [-0.25, -0.2) is 4.79 Å². The van der Waals surface area contributed by atoms with Gasteiger partial charge >= 0.3 is 12.6 Å². The van der Waals surface area contributed by atoms with E-state index in [1.54, 1.807) is 6.07 Å². The highest BCUT2D eigenvalue weighted by Crippen LogP contribution is 2.33. The molecule has 0 aliphatic rings. The van der Waals surface area contributed by atoms with Gasteiger partial charge < -0.3 is 14.2 Å². The summed E-state index contributed by atoms with van der Waals surface area (Å²) in [6, 6.07) is 8.29. The molecule has 2 rings (SSSR count). The monoisotopic (exact) mass is 379 g/mol. The summed E-state index contributed by atoms with van der Waals surface area (Å²) in [7, 11) is 1.30. The molecule has 0 heterocycles. The van der Waals surface area contributed by atoms with E-state index in [1.165, 1.54) is 50.4 Å². The van der Waals surface area contributed by atoms with Gasteiger partial charge in [-0.15, -0.1) is 0 Å². The molecule has 0 amide bonds. The highest BCUT2D eigenvalue weighted by molar-refractivity contribution is 5.89. The first-order chi connectivity index (χ1) is 12.8. The van der Waals surface area contributed by atoms with Crippen molar-refractivity contribution in [2.45, 2.75) is 13.5 Å². The number of hydrogen-bond acceptors (Lipinski definition) is 6. The van der Waals surface area contributed by atoms with Gasteiger partial charge in [-0.2, -0.15) is 8.78 Å². The van der Waals surface area contributed by atoms with Crippen molar-refractivity contribution in [2.24, 2.45) is 0 Å². The number of carbonyl (C=O) groups is 1. The zero-order chi connectivity index (χ0) is 20.0. The van der Waals surface area contributed by atoms with E-state index in [0.717, 1.165) is 6.08 Å². The molecule has 0 spiro atoms. The molecule has 142 valence electrons. The normalized spacial score (nSPS) is 10.9. The molecule has 0 bridgehead atoms. The van der Waals surface area contributed by atoms with Crippen LogP contribution in [0.25, 0.3) is 6.08 Å². The highest BCUT2D eigenvalue weighted by atomic mass is 19.3. The summed E-state index contributed by atoms with van der Waals surface area (Å²) in [5.74, 6) is -0.821. The number of aryl methyl sites for hydroxylation is 1. The summed E-state index contributed by atoms with van der Waals surface area (Å²) >= 11 is 0. The number of nitro groups is 1. The topological polar surface area (TPSA) is 87.9 Å². The third kappa shape index (κ3) is 5.24. The van der Waals surface area contributed by atoms with E-state index in [-0.39, 0.29) is 28.5 Å². The molecule has 0 unspecified atom stereocenters. The van der Waals surface area contributed by atoms with E-state index < -0.39 is 17.5 Å². The second kappa shape index (κ2) is 8.75. The molecule has 0 aliphatic heterocycles. The van der Waals surface area contributed by atoms with Gasteiger partial charge in [-0.3, -0.25) is 10.1 Å². The minimum absolute atomic E-state index is 0.0804. The number of nitrogens with zero attached hydrogens (tertiary/aromatic N) is 1. The zero-order valence-electron chi connectivity index (χ0n) is 14.3. The second-order valence-corrected chi connectivity index (χ2v) is 5.22. The maximum atomic E-state index is 12.6. The first kappa shape index (κ1) is 19.8. The second-order valence-electron chi connectivity index (χ2n) is 5.22. The number of methoxy groups -OCH3 is 1. The minimum Gasteiger partial charge on any atom is -0.493 e.